The lowest BCUT2D eigenvalue weighted by Crippen LogP contribution is -2.17. The van der Waals surface area contributed by atoms with E-state index in [4.69, 9.17) is 16.7 Å². The minimum absolute atomic E-state index is 0.0486. The van der Waals surface area contributed by atoms with Crippen molar-refractivity contribution in [3.63, 3.8) is 0 Å². The predicted molar refractivity (Wildman–Crippen MR) is 44.3 cm³/mol. The summed E-state index contributed by atoms with van der Waals surface area (Å²) in [6.07, 6.45) is 0. The smallest absolute Gasteiger partial charge is 0.254 e. The number of halogens is 1. The number of hydrogen-bond acceptors (Lipinski definition) is 3. The molecule has 0 unspecified atom stereocenters. The van der Waals surface area contributed by atoms with Crippen molar-refractivity contribution in [2.45, 2.75) is 11.9 Å². The number of primary sulfonamides is 1. The molecule has 0 bridgehead atoms. The van der Waals surface area contributed by atoms with Crippen LogP contribution in [0.3, 0.4) is 0 Å². The molecule has 0 atom stereocenters. The zero-order valence-corrected chi connectivity index (χ0v) is 8.15. The van der Waals surface area contributed by atoms with E-state index in [2.05, 4.69) is 5.10 Å². The van der Waals surface area contributed by atoms with E-state index in [1.807, 2.05) is 0 Å². The van der Waals surface area contributed by atoms with Gasteiger partial charge < -0.3 is 0 Å². The number of nitrogens with two attached hydrogens (primary N) is 1. The summed E-state index contributed by atoms with van der Waals surface area (Å²) in [4.78, 5) is 0. The maximum Gasteiger partial charge on any atom is 0.255 e. The van der Waals surface area contributed by atoms with E-state index in [0.717, 1.165) is 4.68 Å². The Bertz CT molecular complexity index is 409. The van der Waals surface area contributed by atoms with E-state index >= 15 is 0 Å². The minimum atomic E-state index is -3.73. The van der Waals surface area contributed by atoms with E-state index in [1.165, 1.54) is 7.05 Å². The highest BCUT2D eigenvalue weighted by Crippen LogP contribution is 2.19. The fourth-order valence-corrected chi connectivity index (χ4v) is 2.17. The zero-order chi connectivity index (χ0) is 9.52. The summed E-state index contributed by atoms with van der Waals surface area (Å²) in [7, 11) is -2.26. The molecule has 1 aromatic heterocycles. The molecule has 0 aliphatic rings. The number of hydrogen-bond donors (Lipinski definition) is 1. The first kappa shape index (κ1) is 9.50. The van der Waals surface area contributed by atoms with Crippen LogP contribution in [0.5, 0.6) is 0 Å². The Labute approximate surface area is 75.2 Å². The summed E-state index contributed by atoms with van der Waals surface area (Å²) < 4.78 is 23.0. The molecule has 0 fully saturated rings. The highest BCUT2D eigenvalue weighted by molar-refractivity contribution is 7.89. The first-order chi connectivity index (χ1) is 5.34. The molecule has 0 saturated heterocycles. The van der Waals surface area contributed by atoms with Crippen LogP contribution in [0.1, 0.15) is 5.56 Å². The third-order valence-electron chi connectivity index (χ3n) is 1.43. The molecule has 1 rings (SSSR count). The SMILES string of the molecule is Cc1c(Cl)nn(C)c1S(N)(=O)=O. The van der Waals surface area contributed by atoms with E-state index < -0.39 is 10.0 Å². The van der Waals surface area contributed by atoms with Crippen molar-refractivity contribution < 1.29 is 8.42 Å². The van der Waals surface area contributed by atoms with Crippen LogP contribution in [0.15, 0.2) is 5.03 Å². The second-order valence-corrected chi connectivity index (χ2v) is 4.22. The molecule has 0 radical (unpaired) electrons. The van der Waals surface area contributed by atoms with Crippen molar-refractivity contribution in [1.29, 1.82) is 0 Å². The monoisotopic (exact) mass is 209 g/mol. The Balaban J connectivity index is 3.54. The van der Waals surface area contributed by atoms with Crippen molar-refractivity contribution in [3.05, 3.63) is 10.7 Å². The normalized spacial score (nSPS) is 12.0. The molecule has 7 heteroatoms. The number of sulfonamides is 1. The van der Waals surface area contributed by atoms with E-state index in [1.54, 1.807) is 6.92 Å². The van der Waals surface area contributed by atoms with Gasteiger partial charge in [0.15, 0.2) is 10.2 Å². The summed E-state index contributed by atoms with van der Waals surface area (Å²) >= 11 is 5.59. The van der Waals surface area contributed by atoms with E-state index in [9.17, 15) is 8.42 Å². The number of nitrogens with zero attached hydrogens (tertiary/aromatic N) is 2. The fourth-order valence-electron chi connectivity index (χ4n) is 0.981. The molecule has 5 nitrogen and oxygen atoms in total. The van der Waals surface area contributed by atoms with Crippen LogP contribution in [0.25, 0.3) is 0 Å². The fraction of sp³-hybridized carbons (Fsp3) is 0.400. The molecular formula is C5H8ClN3O2S. The third-order valence-corrected chi connectivity index (χ3v) is 2.90. The summed E-state index contributed by atoms with van der Waals surface area (Å²) in [5, 5.41) is 8.73. The Morgan fingerprint density at radius 2 is 2.08 bits per heavy atom. The van der Waals surface area contributed by atoms with Crippen LogP contribution in [-0.2, 0) is 17.1 Å². The molecule has 1 aromatic rings. The van der Waals surface area contributed by atoms with Crippen molar-refractivity contribution in [3.8, 4) is 0 Å². The van der Waals surface area contributed by atoms with Gasteiger partial charge in [-0.25, -0.2) is 13.6 Å². The van der Waals surface area contributed by atoms with Gasteiger partial charge >= 0.3 is 0 Å². The van der Waals surface area contributed by atoms with Crippen LogP contribution in [-0.4, -0.2) is 18.2 Å². The Morgan fingerprint density at radius 1 is 1.58 bits per heavy atom. The molecule has 1 heterocycles. The molecule has 0 spiro atoms. The van der Waals surface area contributed by atoms with Crippen LogP contribution < -0.4 is 5.14 Å². The van der Waals surface area contributed by atoms with Crippen molar-refractivity contribution in [2.75, 3.05) is 0 Å². The van der Waals surface area contributed by atoms with Crippen LogP contribution in [0, 0.1) is 6.92 Å². The minimum Gasteiger partial charge on any atom is -0.254 e. The standard InChI is InChI=1S/C5H8ClN3O2S/c1-3-4(6)8-9(2)5(3)12(7,10)11/h1-2H3,(H2,7,10,11). The van der Waals surface area contributed by atoms with E-state index in [0.29, 0.717) is 5.56 Å². The second kappa shape index (κ2) is 2.72. The van der Waals surface area contributed by atoms with Crippen molar-refractivity contribution in [1.82, 2.24) is 9.78 Å². The number of aryl methyl sites for hydroxylation is 1. The van der Waals surface area contributed by atoms with Gasteiger partial charge in [-0.1, -0.05) is 11.6 Å². The van der Waals surface area contributed by atoms with Gasteiger partial charge in [-0.15, -0.1) is 0 Å². The summed E-state index contributed by atoms with van der Waals surface area (Å²) in [5.41, 5.74) is 0.377. The summed E-state index contributed by atoms with van der Waals surface area (Å²) in [6, 6.07) is 0. The van der Waals surface area contributed by atoms with Gasteiger partial charge in [-0.05, 0) is 6.92 Å². The number of rotatable bonds is 1. The van der Waals surface area contributed by atoms with Gasteiger partial charge in [0.2, 0.25) is 0 Å². The average Bonchev–Trinajstić information content (AvgIpc) is 2.05. The second-order valence-electron chi connectivity index (χ2n) is 2.39. The first-order valence-corrected chi connectivity index (χ1v) is 4.98. The third kappa shape index (κ3) is 1.45. The first-order valence-electron chi connectivity index (χ1n) is 3.06. The Hall–Kier alpha value is -0.590. The molecule has 0 aliphatic carbocycles. The molecule has 0 saturated carbocycles. The lowest BCUT2D eigenvalue weighted by atomic mass is 10.4. The zero-order valence-electron chi connectivity index (χ0n) is 6.57. The lowest BCUT2D eigenvalue weighted by molar-refractivity contribution is 0.577. The number of aromatic nitrogens is 2. The Morgan fingerprint density at radius 3 is 2.25 bits per heavy atom. The van der Waals surface area contributed by atoms with Crippen molar-refractivity contribution in [2.24, 2.45) is 12.2 Å². The van der Waals surface area contributed by atoms with Crippen LogP contribution in [0.4, 0.5) is 0 Å². The van der Waals surface area contributed by atoms with Gasteiger partial charge in [0.1, 0.15) is 0 Å². The highest BCUT2D eigenvalue weighted by atomic mass is 35.5. The maximum absolute atomic E-state index is 10.9. The topological polar surface area (TPSA) is 78.0 Å². The van der Waals surface area contributed by atoms with Crippen molar-refractivity contribution >= 4 is 21.6 Å². The lowest BCUT2D eigenvalue weighted by Gasteiger charge is -1.98. The van der Waals surface area contributed by atoms with Gasteiger partial charge in [-0.2, -0.15) is 5.10 Å². The molecule has 0 aromatic carbocycles. The quantitative estimate of drug-likeness (QED) is 0.709. The van der Waals surface area contributed by atoms with Crippen LogP contribution >= 0.6 is 11.6 Å². The van der Waals surface area contributed by atoms with Gasteiger partial charge in [0, 0.05) is 12.6 Å². The van der Waals surface area contributed by atoms with Gasteiger partial charge in [0.25, 0.3) is 10.0 Å². The molecule has 0 aliphatic heterocycles. The maximum atomic E-state index is 10.9. The van der Waals surface area contributed by atoms with Crippen LogP contribution in [0.2, 0.25) is 5.15 Å². The Kier molecular flexibility index (Phi) is 2.15. The molecular weight excluding hydrogens is 202 g/mol. The molecule has 2 N–H and O–H groups in total. The largest absolute Gasteiger partial charge is 0.255 e. The van der Waals surface area contributed by atoms with E-state index in [-0.39, 0.29) is 10.2 Å². The molecule has 0 amide bonds. The van der Waals surface area contributed by atoms with Gasteiger partial charge in [0.05, 0.1) is 0 Å². The molecule has 68 valence electrons. The predicted octanol–water partition coefficient (Wildman–Crippen LogP) is 0.0293. The average molecular weight is 210 g/mol. The summed E-state index contributed by atoms with van der Waals surface area (Å²) in [5.74, 6) is 0. The highest BCUT2D eigenvalue weighted by Gasteiger charge is 2.19. The summed E-state index contributed by atoms with van der Waals surface area (Å²) in [6.45, 7) is 1.55. The molecule has 12 heavy (non-hydrogen) atoms. The van der Waals surface area contributed by atoms with Gasteiger partial charge in [-0.3, -0.25) is 4.68 Å².